The average molecular weight is 462 g/mol. The Morgan fingerprint density at radius 2 is 1.50 bits per heavy atom. The number of rotatable bonds is 6. The molecule has 0 spiro atoms. The maximum Gasteiger partial charge on any atom is 0.161 e. The molecule has 0 aromatic heterocycles. The van der Waals surface area contributed by atoms with E-state index >= 15 is 0 Å². The molecule has 3 aliphatic rings. The number of allylic oxidation sites excluding steroid dienone is 4. The summed E-state index contributed by atoms with van der Waals surface area (Å²) in [5.74, 6) is 0.685. The molecule has 0 bridgehead atoms. The van der Waals surface area contributed by atoms with E-state index in [4.69, 9.17) is 9.47 Å². The highest BCUT2D eigenvalue weighted by atomic mass is 19.1. The Kier molecular flexibility index (Phi) is 6.22. The highest BCUT2D eigenvalue weighted by Gasteiger charge is 2.40. The quantitative estimate of drug-likeness (QED) is 0.615. The van der Waals surface area contributed by atoms with Gasteiger partial charge >= 0.3 is 0 Å². The van der Waals surface area contributed by atoms with Crippen molar-refractivity contribution in [1.29, 1.82) is 0 Å². The smallest absolute Gasteiger partial charge is 0.161 e. The second-order valence-corrected chi connectivity index (χ2v) is 8.95. The molecule has 0 unspecified atom stereocenters. The van der Waals surface area contributed by atoms with Crippen molar-refractivity contribution in [3.05, 3.63) is 81.9 Å². The highest BCUT2D eigenvalue weighted by molar-refractivity contribution is 6.06. The first-order valence-corrected chi connectivity index (χ1v) is 12.0. The maximum atomic E-state index is 13.2. The van der Waals surface area contributed by atoms with Gasteiger partial charge in [0.25, 0.3) is 0 Å². The van der Waals surface area contributed by atoms with E-state index in [1.165, 1.54) is 12.1 Å². The number of nitrogens with one attached hydrogen (secondary N) is 1. The van der Waals surface area contributed by atoms with Gasteiger partial charge in [-0.15, -0.1) is 0 Å². The van der Waals surface area contributed by atoms with Crippen LogP contribution in [0.1, 0.15) is 62.5 Å². The first-order chi connectivity index (χ1) is 16.5. The van der Waals surface area contributed by atoms with Crippen molar-refractivity contribution in [1.82, 2.24) is 5.32 Å². The maximum absolute atomic E-state index is 13.2. The van der Waals surface area contributed by atoms with Gasteiger partial charge in [0, 0.05) is 41.3 Å². The van der Waals surface area contributed by atoms with Crippen molar-refractivity contribution in [3.63, 3.8) is 0 Å². The lowest BCUT2D eigenvalue weighted by Crippen LogP contribution is -2.36. The summed E-state index contributed by atoms with van der Waals surface area (Å²) < 4.78 is 25.1. The number of ketones is 2. The Morgan fingerprint density at radius 1 is 0.853 bits per heavy atom. The van der Waals surface area contributed by atoms with E-state index in [0.717, 1.165) is 59.4 Å². The van der Waals surface area contributed by atoms with Gasteiger partial charge in [-0.2, -0.15) is 0 Å². The molecule has 5 nitrogen and oxygen atoms in total. The monoisotopic (exact) mass is 461 g/mol. The summed E-state index contributed by atoms with van der Waals surface area (Å²) in [4.78, 5) is 26.1. The van der Waals surface area contributed by atoms with Gasteiger partial charge in [0.15, 0.2) is 23.1 Å². The number of carbonyl (C=O) groups excluding carboxylic acids is 2. The fourth-order valence-electron chi connectivity index (χ4n) is 5.15. The molecule has 0 radical (unpaired) electrons. The lowest BCUT2D eigenvalue weighted by atomic mass is 9.71. The second kappa shape index (κ2) is 9.45. The first kappa shape index (κ1) is 22.4. The zero-order valence-electron chi connectivity index (χ0n) is 19.3. The van der Waals surface area contributed by atoms with Crippen molar-refractivity contribution in [2.75, 3.05) is 6.61 Å². The lowest BCUT2D eigenvalue weighted by Gasteiger charge is -2.37. The predicted molar refractivity (Wildman–Crippen MR) is 126 cm³/mol. The van der Waals surface area contributed by atoms with Gasteiger partial charge in [-0.25, -0.2) is 4.39 Å². The molecule has 2 aliphatic carbocycles. The van der Waals surface area contributed by atoms with Crippen LogP contribution in [0.2, 0.25) is 0 Å². The molecule has 2 aromatic carbocycles. The molecule has 0 atom stereocenters. The van der Waals surface area contributed by atoms with Crippen LogP contribution in [0, 0.1) is 5.82 Å². The summed E-state index contributed by atoms with van der Waals surface area (Å²) in [6.07, 6.45) is 4.30. The van der Waals surface area contributed by atoms with E-state index in [-0.39, 0.29) is 29.9 Å². The normalized spacial score (nSPS) is 18.4. The predicted octanol–water partition coefficient (Wildman–Crippen LogP) is 5.50. The summed E-state index contributed by atoms with van der Waals surface area (Å²) in [5.41, 5.74) is 5.08. The number of carbonyl (C=O) groups is 2. The number of hydrogen-bond donors (Lipinski definition) is 1. The van der Waals surface area contributed by atoms with Crippen molar-refractivity contribution in [3.8, 4) is 11.5 Å². The van der Waals surface area contributed by atoms with E-state index in [1.54, 1.807) is 12.1 Å². The Morgan fingerprint density at radius 3 is 2.12 bits per heavy atom. The third-order valence-electron chi connectivity index (χ3n) is 6.70. The number of dihydropyridines is 1. The fraction of sp³-hybridized carbons (Fsp3) is 0.357. The van der Waals surface area contributed by atoms with Crippen LogP contribution in [0.4, 0.5) is 4.39 Å². The first-order valence-electron chi connectivity index (χ1n) is 12.0. The Balaban J connectivity index is 1.52. The SMILES string of the molecule is CCOc1cc(C2C3=C(CCCC3=O)NC3=C2C(=O)CCC3)ccc1OCc1ccc(F)cc1. The van der Waals surface area contributed by atoms with Gasteiger partial charge in [0.1, 0.15) is 12.4 Å². The Hall–Kier alpha value is -3.41. The Labute approximate surface area is 198 Å². The number of hydrogen-bond acceptors (Lipinski definition) is 5. The van der Waals surface area contributed by atoms with Gasteiger partial charge in [-0.3, -0.25) is 9.59 Å². The molecule has 2 aromatic rings. The average Bonchev–Trinajstić information content (AvgIpc) is 2.83. The second-order valence-electron chi connectivity index (χ2n) is 8.95. The highest BCUT2D eigenvalue weighted by Crippen LogP contribution is 2.46. The number of Topliss-reactive ketones (excluding diaryl/α,β-unsaturated/α-hetero) is 2. The van der Waals surface area contributed by atoms with Crippen LogP contribution in [0.3, 0.4) is 0 Å². The molecule has 0 amide bonds. The van der Waals surface area contributed by atoms with E-state index < -0.39 is 0 Å². The number of ether oxygens (including phenoxy) is 2. The molecular formula is C28H28FNO4. The van der Waals surface area contributed by atoms with Crippen molar-refractivity contribution < 1.29 is 23.5 Å². The van der Waals surface area contributed by atoms with Crippen LogP contribution in [0.25, 0.3) is 0 Å². The molecule has 6 heteroatoms. The van der Waals surface area contributed by atoms with Crippen molar-refractivity contribution >= 4 is 11.6 Å². The molecular weight excluding hydrogens is 433 g/mol. The van der Waals surface area contributed by atoms with Gasteiger partial charge < -0.3 is 14.8 Å². The summed E-state index contributed by atoms with van der Waals surface area (Å²) in [6.45, 7) is 2.62. The van der Waals surface area contributed by atoms with Crippen molar-refractivity contribution in [2.24, 2.45) is 0 Å². The topological polar surface area (TPSA) is 64.6 Å². The summed E-state index contributed by atoms with van der Waals surface area (Å²) in [7, 11) is 0. The summed E-state index contributed by atoms with van der Waals surface area (Å²) in [6, 6.07) is 11.8. The standard InChI is InChI=1S/C28H28FNO4/c1-2-33-25-15-18(11-14-24(25)34-16-17-9-12-19(29)13-10-17)26-27-20(5-3-7-22(27)31)30-21-6-4-8-23(32)28(21)26/h9-15,26,30H,2-8,16H2,1H3. The van der Waals surface area contributed by atoms with E-state index in [1.807, 2.05) is 25.1 Å². The minimum absolute atomic E-state index is 0.110. The lowest BCUT2D eigenvalue weighted by molar-refractivity contribution is -0.117. The van der Waals surface area contributed by atoms with Crippen molar-refractivity contribution in [2.45, 2.75) is 58.0 Å². The fourth-order valence-corrected chi connectivity index (χ4v) is 5.15. The molecule has 1 aliphatic heterocycles. The van der Waals surface area contributed by atoms with Gasteiger partial charge in [-0.1, -0.05) is 18.2 Å². The summed E-state index contributed by atoms with van der Waals surface area (Å²) >= 11 is 0. The molecule has 176 valence electrons. The molecule has 34 heavy (non-hydrogen) atoms. The Bertz CT molecular complexity index is 1150. The van der Waals surface area contributed by atoms with Crippen LogP contribution in [0.15, 0.2) is 65.0 Å². The molecule has 0 fully saturated rings. The third-order valence-corrected chi connectivity index (χ3v) is 6.70. The van der Waals surface area contributed by atoms with Gasteiger partial charge in [0.05, 0.1) is 6.61 Å². The summed E-state index contributed by atoms with van der Waals surface area (Å²) in [5, 5.41) is 3.45. The van der Waals surface area contributed by atoms with Crippen LogP contribution < -0.4 is 14.8 Å². The molecule has 0 saturated carbocycles. The van der Waals surface area contributed by atoms with Gasteiger partial charge in [0.2, 0.25) is 0 Å². The molecule has 1 N–H and O–H groups in total. The molecule has 1 heterocycles. The van der Waals surface area contributed by atoms with Crippen LogP contribution >= 0.6 is 0 Å². The van der Waals surface area contributed by atoms with E-state index in [2.05, 4.69) is 5.32 Å². The number of halogens is 1. The van der Waals surface area contributed by atoms with E-state index in [0.29, 0.717) is 30.9 Å². The number of benzene rings is 2. The van der Waals surface area contributed by atoms with Crippen LogP contribution in [-0.4, -0.2) is 18.2 Å². The zero-order valence-corrected chi connectivity index (χ0v) is 19.3. The molecule has 0 saturated heterocycles. The zero-order chi connectivity index (χ0) is 23.7. The minimum atomic E-state index is -0.378. The molecule has 5 rings (SSSR count). The largest absolute Gasteiger partial charge is 0.490 e. The van der Waals surface area contributed by atoms with Crippen LogP contribution in [-0.2, 0) is 16.2 Å². The third kappa shape index (κ3) is 4.25. The van der Waals surface area contributed by atoms with Gasteiger partial charge in [-0.05, 0) is 68.0 Å². The minimum Gasteiger partial charge on any atom is -0.490 e. The van der Waals surface area contributed by atoms with E-state index in [9.17, 15) is 14.0 Å². The van der Waals surface area contributed by atoms with Crippen LogP contribution in [0.5, 0.6) is 11.5 Å².